The van der Waals surface area contributed by atoms with E-state index in [1.807, 2.05) is 6.92 Å². The molecule has 0 aliphatic carbocycles. The number of carbonyl (C=O) groups excluding carboxylic acids is 1. The van der Waals surface area contributed by atoms with Crippen molar-refractivity contribution in [3.63, 3.8) is 0 Å². The first kappa shape index (κ1) is 15.0. The third-order valence-electron chi connectivity index (χ3n) is 2.68. The van der Waals surface area contributed by atoms with Gasteiger partial charge in [0.05, 0.1) is 4.92 Å². The molecule has 0 N–H and O–H groups in total. The summed E-state index contributed by atoms with van der Waals surface area (Å²) in [6.45, 7) is 2.24. The van der Waals surface area contributed by atoms with Gasteiger partial charge in [0.25, 0.3) is 5.91 Å². The third-order valence-corrected chi connectivity index (χ3v) is 2.68. The molecule has 0 spiro atoms. The van der Waals surface area contributed by atoms with E-state index in [0.29, 0.717) is 19.0 Å². The van der Waals surface area contributed by atoms with Gasteiger partial charge in [-0.15, -0.1) is 0 Å². The molecule has 19 heavy (non-hydrogen) atoms. The zero-order chi connectivity index (χ0) is 14.6. The minimum Gasteiger partial charge on any atom is -0.342 e. The van der Waals surface area contributed by atoms with Crippen molar-refractivity contribution >= 4 is 11.6 Å². The Balaban J connectivity index is 3.15. The lowest BCUT2D eigenvalue weighted by Crippen LogP contribution is -2.29. The quantitative estimate of drug-likeness (QED) is 0.611. The van der Waals surface area contributed by atoms with Crippen LogP contribution >= 0.6 is 0 Å². The number of nitrogens with zero attached hydrogens (tertiary/aromatic N) is 2. The Morgan fingerprint density at radius 3 is 2.58 bits per heavy atom. The molecule has 0 aliphatic rings. The Bertz CT molecular complexity index is 506. The Labute approximate surface area is 109 Å². The molecule has 5 nitrogen and oxygen atoms in total. The van der Waals surface area contributed by atoms with E-state index in [1.54, 1.807) is 0 Å². The molecule has 1 aromatic carbocycles. The summed E-state index contributed by atoms with van der Waals surface area (Å²) in [5.74, 6) is -3.43. The SMILES string of the molecule is CCCCN(C)C(=O)c1c(F)ccc([N+](=O)[O-])c1F. The van der Waals surface area contributed by atoms with Gasteiger partial charge in [0.2, 0.25) is 5.82 Å². The number of nitro benzene ring substituents is 1. The Kier molecular flexibility index (Phi) is 4.91. The third kappa shape index (κ3) is 3.24. The minimum absolute atomic E-state index is 0.330. The van der Waals surface area contributed by atoms with E-state index in [1.165, 1.54) is 7.05 Å². The fourth-order valence-corrected chi connectivity index (χ4v) is 1.57. The molecule has 0 aromatic heterocycles. The lowest BCUT2D eigenvalue weighted by Gasteiger charge is -2.17. The molecule has 7 heteroatoms. The molecule has 0 saturated heterocycles. The van der Waals surface area contributed by atoms with Crippen LogP contribution in [0.5, 0.6) is 0 Å². The average Bonchev–Trinajstić information content (AvgIpc) is 2.35. The number of nitro groups is 1. The minimum atomic E-state index is -1.43. The second-order valence-corrected chi connectivity index (χ2v) is 4.09. The van der Waals surface area contributed by atoms with Gasteiger partial charge in [-0.2, -0.15) is 4.39 Å². The smallest absolute Gasteiger partial charge is 0.305 e. The fourth-order valence-electron chi connectivity index (χ4n) is 1.57. The molecule has 0 bridgehead atoms. The number of unbranched alkanes of at least 4 members (excludes halogenated alkanes) is 1. The summed E-state index contributed by atoms with van der Waals surface area (Å²) in [6, 6.07) is 1.43. The first-order valence-electron chi connectivity index (χ1n) is 5.78. The Morgan fingerprint density at radius 1 is 1.42 bits per heavy atom. The lowest BCUT2D eigenvalue weighted by atomic mass is 10.1. The van der Waals surface area contributed by atoms with Crippen LogP contribution in [0.25, 0.3) is 0 Å². The standard InChI is InChI=1S/C12H14F2N2O3/c1-3-4-7-15(2)12(17)10-8(13)5-6-9(11(10)14)16(18)19/h5-6H,3-4,7H2,1-2H3. The van der Waals surface area contributed by atoms with Gasteiger partial charge in [-0.05, 0) is 12.5 Å². The maximum atomic E-state index is 13.8. The second kappa shape index (κ2) is 6.21. The van der Waals surface area contributed by atoms with Gasteiger partial charge >= 0.3 is 5.69 Å². The average molecular weight is 272 g/mol. The topological polar surface area (TPSA) is 63.5 Å². The molecule has 1 aromatic rings. The maximum absolute atomic E-state index is 13.8. The van der Waals surface area contributed by atoms with Gasteiger partial charge in [0.15, 0.2) is 0 Å². The van der Waals surface area contributed by atoms with Crippen LogP contribution in [0.2, 0.25) is 0 Å². The number of rotatable bonds is 5. The predicted octanol–water partition coefficient (Wildman–Crippen LogP) is 2.75. The van der Waals surface area contributed by atoms with Crippen LogP contribution in [0.1, 0.15) is 30.1 Å². The Hall–Kier alpha value is -2.05. The summed E-state index contributed by atoms with van der Waals surface area (Å²) >= 11 is 0. The van der Waals surface area contributed by atoms with E-state index in [2.05, 4.69) is 0 Å². The van der Waals surface area contributed by atoms with Crippen LogP contribution in [0.15, 0.2) is 12.1 Å². The number of hydrogen-bond acceptors (Lipinski definition) is 3. The monoisotopic (exact) mass is 272 g/mol. The van der Waals surface area contributed by atoms with Gasteiger partial charge < -0.3 is 4.90 Å². The highest BCUT2D eigenvalue weighted by molar-refractivity contribution is 5.95. The fraction of sp³-hybridized carbons (Fsp3) is 0.417. The van der Waals surface area contributed by atoms with E-state index in [4.69, 9.17) is 0 Å². The summed E-state index contributed by atoms with van der Waals surface area (Å²) in [5, 5.41) is 10.6. The van der Waals surface area contributed by atoms with Crippen LogP contribution < -0.4 is 0 Å². The van der Waals surface area contributed by atoms with Crippen molar-refractivity contribution in [3.8, 4) is 0 Å². The van der Waals surface area contributed by atoms with Crippen LogP contribution in [-0.4, -0.2) is 29.3 Å². The van der Waals surface area contributed by atoms with Gasteiger partial charge in [-0.1, -0.05) is 13.3 Å². The maximum Gasteiger partial charge on any atom is 0.305 e. The number of halogens is 2. The van der Waals surface area contributed by atoms with E-state index in [-0.39, 0.29) is 0 Å². The molecular weight excluding hydrogens is 258 g/mol. The highest BCUT2D eigenvalue weighted by Crippen LogP contribution is 2.24. The molecule has 1 rings (SSSR count). The zero-order valence-corrected chi connectivity index (χ0v) is 10.7. The molecule has 0 fully saturated rings. The predicted molar refractivity (Wildman–Crippen MR) is 64.9 cm³/mol. The number of amides is 1. The molecule has 0 saturated carbocycles. The van der Waals surface area contributed by atoms with Crippen molar-refractivity contribution in [1.82, 2.24) is 4.90 Å². The molecule has 0 atom stereocenters. The van der Waals surface area contributed by atoms with Gasteiger partial charge in [0, 0.05) is 19.7 Å². The van der Waals surface area contributed by atoms with Crippen molar-refractivity contribution < 1.29 is 18.5 Å². The molecule has 1 amide bonds. The van der Waals surface area contributed by atoms with Crippen molar-refractivity contribution in [1.29, 1.82) is 0 Å². The summed E-state index contributed by atoms with van der Waals surface area (Å²) in [6.07, 6.45) is 1.50. The number of carbonyl (C=O) groups is 1. The van der Waals surface area contributed by atoms with Crippen LogP contribution in [0.4, 0.5) is 14.5 Å². The van der Waals surface area contributed by atoms with Crippen molar-refractivity contribution in [2.45, 2.75) is 19.8 Å². The van der Waals surface area contributed by atoms with Gasteiger partial charge in [0.1, 0.15) is 11.4 Å². The largest absolute Gasteiger partial charge is 0.342 e. The highest BCUT2D eigenvalue weighted by atomic mass is 19.1. The van der Waals surface area contributed by atoms with Gasteiger partial charge in [-0.3, -0.25) is 14.9 Å². The summed E-state index contributed by atoms with van der Waals surface area (Å²) in [4.78, 5) is 22.6. The van der Waals surface area contributed by atoms with Crippen LogP contribution in [0, 0.1) is 21.7 Å². The zero-order valence-electron chi connectivity index (χ0n) is 10.7. The lowest BCUT2D eigenvalue weighted by molar-refractivity contribution is -0.387. The van der Waals surface area contributed by atoms with Crippen molar-refractivity contribution in [2.24, 2.45) is 0 Å². The van der Waals surface area contributed by atoms with Crippen molar-refractivity contribution in [2.75, 3.05) is 13.6 Å². The highest BCUT2D eigenvalue weighted by Gasteiger charge is 2.27. The second-order valence-electron chi connectivity index (χ2n) is 4.09. The van der Waals surface area contributed by atoms with E-state index >= 15 is 0 Å². The first-order chi connectivity index (χ1) is 8.90. The number of benzene rings is 1. The summed E-state index contributed by atoms with van der Waals surface area (Å²) in [7, 11) is 1.40. The molecule has 0 unspecified atom stereocenters. The van der Waals surface area contributed by atoms with E-state index in [0.717, 1.165) is 17.4 Å². The molecule has 0 aliphatic heterocycles. The van der Waals surface area contributed by atoms with E-state index < -0.39 is 33.7 Å². The van der Waals surface area contributed by atoms with Crippen molar-refractivity contribution in [3.05, 3.63) is 39.4 Å². The molecule has 104 valence electrons. The summed E-state index contributed by atoms with van der Waals surface area (Å²) in [5.41, 5.74) is -1.79. The summed E-state index contributed by atoms with van der Waals surface area (Å²) < 4.78 is 27.3. The van der Waals surface area contributed by atoms with Crippen LogP contribution in [0.3, 0.4) is 0 Å². The molecular formula is C12H14F2N2O3. The molecule has 0 radical (unpaired) electrons. The van der Waals surface area contributed by atoms with Gasteiger partial charge in [-0.25, -0.2) is 4.39 Å². The molecule has 0 heterocycles. The Morgan fingerprint density at radius 2 is 2.05 bits per heavy atom. The first-order valence-corrected chi connectivity index (χ1v) is 5.78. The van der Waals surface area contributed by atoms with Crippen LogP contribution in [-0.2, 0) is 0 Å². The van der Waals surface area contributed by atoms with E-state index in [9.17, 15) is 23.7 Å². The number of hydrogen-bond donors (Lipinski definition) is 0. The normalized spacial score (nSPS) is 10.3.